The minimum absolute atomic E-state index is 0.248. The minimum atomic E-state index is -0.506. The number of amides is 1. The van der Waals surface area contributed by atoms with E-state index in [1.807, 2.05) is 20.8 Å². The monoisotopic (exact) mass is 298 g/mol. The van der Waals surface area contributed by atoms with Crippen molar-refractivity contribution in [2.45, 2.75) is 94.9 Å². The molecule has 2 aliphatic carbocycles. The third-order valence-electron chi connectivity index (χ3n) is 5.00. The van der Waals surface area contributed by atoms with Crippen LogP contribution in [-0.4, -0.2) is 34.0 Å². The van der Waals surface area contributed by atoms with Gasteiger partial charge in [-0.3, -0.25) is 0 Å². The molecule has 21 heavy (non-hydrogen) atoms. The van der Waals surface area contributed by atoms with Crippen LogP contribution < -0.4 is 11.1 Å². The van der Waals surface area contributed by atoms with Gasteiger partial charge in [0.25, 0.3) is 0 Å². The van der Waals surface area contributed by atoms with E-state index in [4.69, 9.17) is 10.5 Å². The normalized spacial score (nSPS) is 32.7. The first kappa shape index (κ1) is 16.6. The highest BCUT2D eigenvalue weighted by molar-refractivity contribution is 5.69. The number of aliphatic hydroxyl groups excluding tert-OH is 1. The first-order valence-corrected chi connectivity index (χ1v) is 8.14. The smallest absolute Gasteiger partial charge is 0.408 e. The van der Waals surface area contributed by atoms with Crippen LogP contribution in [0, 0.1) is 0 Å². The Morgan fingerprint density at radius 1 is 1.19 bits per heavy atom. The number of nitrogens with two attached hydrogens (primary N) is 1. The van der Waals surface area contributed by atoms with Gasteiger partial charge in [0.05, 0.1) is 11.6 Å². The third kappa shape index (κ3) is 3.69. The Kier molecular flexibility index (Phi) is 4.54. The molecular formula is C16H30N2O3. The van der Waals surface area contributed by atoms with Crippen molar-refractivity contribution in [3.05, 3.63) is 0 Å². The number of rotatable bonds is 2. The first-order valence-electron chi connectivity index (χ1n) is 8.14. The summed E-state index contributed by atoms with van der Waals surface area (Å²) in [7, 11) is 0. The van der Waals surface area contributed by atoms with Crippen LogP contribution in [0.3, 0.4) is 0 Å². The fourth-order valence-corrected chi connectivity index (χ4v) is 3.82. The molecule has 1 amide bonds. The van der Waals surface area contributed by atoms with Gasteiger partial charge in [-0.1, -0.05) is 12.8 Å². The van der Waals surface area contributed by atoms with Crippen LogP contribution in [0.2, 0.25) is 0 Å². The second-order valence-corrected chi connectivity index (χ2v) is 7.80. The van der Waals surface area contributed by atoms with Gasteiger partial charge < -0.3 is 20.9 Å². The predicted molar refractivity (Wildman–Crippen MR) is 82.0 cm³/mol. The number of alkyl carbamates (subject to hydrolysis) is 1. The largest absolute Gasteiger partial charge is 0.444 e. The van der Waals surface area contributed by atoms with Gasteiger partial charge in [-0.15, -0.1) is 0 Å². The summed E-state index contributed by atoms with van der Waals surface area (Å²) in [6.07, 6.45) is 6.28. The second-order valence-electron chi connectivity index (χ2n) is 7.80. The van der Waals surface area contributed by atoms with Crippen molar-refractivity contribution in [1.29, 1.82) is 0 Å². The Labute approximate surface area is 127 Å². The van der Waals surface area contributed by atoms with E-state index in [9.17, 15) is 9.90 Å². The maximum absolute atomic E-state index is 12.2. The molecule has 0 aromatic heterocycles. The number of nitrogens with one attached hydrogen (secondary N) is 1. The summed E-state index contributed by atoms with van der Waals surface area (Å²) in [5.41, 5.74) is 5.38. The van der Waals surface area contributed by atoms with Gasteiger partial charge in [0, 0.05) is 5.54 Å². The van der Waals surface area contributed by atoms with Crippen molar-refractivity contribution in [1.82, 2.24) is 5.32 Å². The Morgan fingerprint density at radius 3 is 2.19 bits per heavy atom. The molecule has 2 rings (SSSR count). The van der Waals surface area contributed by atoms with Crippen molar-refractivity contribution >= 4 is 6.09 Å². The van der Waals surface area contributed by atoms with E-state index in [1.54, 1.807) is 0 Å². The fourth-order valence-electron chi connectivity index (χ4n) is 3.82. The molecule has 0 radical (unpaired) electrons. The fraction of sp³-hybridized carbons (Fsp3) is 0.938. The molecule has 2 fully saturated rings. The van der Waals surface area contributed by atoms with Crippen molar-refractivity contribution in [2.75, 3.05) is 0 Å². The molecule has 0 unspecified atom stereocenters. The van der Waals surface area contributed by atoms with Crippen LogP contribution in [0.1, 0.15) is 72.1 Å². The van der Waals surface area contributed by atoms with E-state index in [1.165, 1.54) is 0 Å². The maximum atomic E-state index is 12.2. The van der Waals surface area contributed by atoms with E-state index < -0.39 is 11.1 Å². The summed E-state index contributed by atoms with van der Waals surface area (Å²) in [4.78, 5) is 12.2. The molecule has 5 heteroatoms. The second kappa shape index (κ2) is 5.76. The number of hydrogen-bond acceptors (Lipinski definition) is 4. The zero-order valence-electron chi connectivity index (χ0n) is 13.6. The molecule has 0 saturated heterocycles. The zero-order valence-corrected chi connectivity index (χ0v) is 13.6. The Morgan fingerprint density at radius 2 is 1.71 bits per heavy atom. The van der Waals surface area contributed by atoms with Gasteiger partial charge in [-0.25, -0.2) is 4.79 Å². The minimum Gasteiger partial charge on any atom is -0.444 e. The van der Waals surface area contributed by atoms with Crippen molar-refractivity contribution in [2.24, 2.45) is 5.73 Å². The highest BCUT2D eigenvalue weighted by Crippen LogP contribution is 2.44. The summed E-state index contributed by atoms with van der Waals surface area (Å²) in [5, 5.41) is 12.8. The Hall–Kier alpha value is -0.810. The molecule has 0 heterocycles. The van der Waals surface area contributed by atoms with E-state index in [2.05, 4.69) is 5.32 Å². The number of carbonyl (C=O) groups excluding carboxylic acids is 1. The highest BCUT2D eigenvalue weighted by atomic mass is 16.6. The summed E-state index contributed by atoms with van der Waals surface area (Å²) >= 11 is 0. The van der Waals surface area contributed by atoms with Crippen molar-refractivity contribution in [3.8, 4) is 0 Å². The molecule has 5 nitrogen and oxygen atoms in total. The SMILES string of the molecule is CC(C)(C)OC(=O)NC1(C2(N)CCC(O)CC2)CCCC1. The van der Waals surface area contributed by atoms with Crippen LogP contribution in [-0.2, 0) is 4.74 Å². The number of hydrogen-bond donors (Lipinski definition) is 3. The molecule has 0 aromatic rings. The lowest BCUT2D eigenvalue weighted by Crippen LogP contribution is -2.69. The van der Waals surface area contributed by atoms with Crippen LogP contribution in [0.15, 0.2) is 0 Å². The average Bonchev–Trinajstić information content (AvgIpc) is 2.81. The summed E-state index contributed by atoms with van der Waals surface area (Å²) in [6.45, 7) is 5.59. The topological polar surface area (TPSA) is 84.6 Å². The lowest BCUT2D eigenvalue weighted by molar-refractivity contribution is 0.0233. The highest BCUT2D eigenvalue weighted by Gasteiger charge is 2.52. The third-order valence-corrected chi connectivity index (χ3v) is 5.00. The molecule has 0 atom stereocenters. The summed E-state index contributed by atoms with van der Waals surface area (Å²) < 4.78 is 5.43. The van der Waals surface area contributed by atoms with E-state index in [0.717, 1.165) is 38.5 Å². The molecule has 2 aliphatic rings. The molecule has 0 aromatic carbocycles. The zero-order chi connectivity index (χ0) is 15.7. The number of aliphatic hydroxyl groups is 1. The molecule has 4 N–H and O–H groups in total. The van der Waals surface area contributed by atoms with E-state index >= 15 is 0 Å². The van der Waals surface area contributed by atoms with Gasteiger partial charge in [-0.05, 0) is 59.3 Å². The van der Waals surface area contributed by atoms with Crippen LogP contribution in [0.25, 0.3) is 0 Å². The number of ether oxygens (including phenoxy) is 1. The van der Waals surface area contributed by atoms with Gasteiger partial charge in [0.1, 0.15) is 5.60 Å². The quantitative estimate of drug-likeness (QED) is 0.731. The van der Waals surface area contributed by atoms with Crippen molar-refractivity contribution < 1.29 is 14.6 Å². The Balaban J connectivity index is 2.11. The molecule has 0 bridgehead atoms. The van der Waals surface area contributed by atoms with Crippen LogP contribution >= 0.6 is 0 Å². The lowest BCUT2D eigenvalue weighted by atomic mass is 9.67. The molecule has 2 saturated carbocycles. The Bertz CT molecular complexity index is 375. The van der Waals surface area contributed by atoms with Gasteiger partial charge in [0.15, 0.2) is 0 Å². The molecular weight excluding hydrogens is 268 g/mol. The lowest BCUT2D eigenvalue weighted by Gasteiger charge is -2.49. The van der Waals surface area contributed by atoms with Crippen LogP contribution in [0.4, 0.5) is 4.79 Å². The van der Waals surface area contributed by atoms with Gasteiger partial charge in [-0.2, -0.15) is 0 Å². The predicted octanol–water partition coefficient (Wildman–Crippen LogP) is 2.46. The average molecular weight is 298 g/mol. The van der Waals surface area contributed by atoms with E-state index in [0.29, 0.717) is 12.8 Å². The van der Waals surface area contributed by atoms with Gasteiger partial charge >= 0.3 is 6.09 Å². The molecule has 0 spiro atoms. The standard InChI is InChI=1S/C16H30N2O3/c1-14(2,3)21-13(20)18-16(8-4-5-9-16)15(17)10-6-12(19)7-11-15/h12,19H,4-11,17H2,1-3H3,(H,18,20). The van der Waals surface area contributed by atoms with Crippen LogP contribution in [0.5, 0.6) is 0 Å². The maximum Gasteiger partial charge on any atom is 0.408 e. The molecule has 0 aliphatic heterocycles. The summed E-state index contributed by atoms with van der Waals surface area (Å²) in [5.74, 6) is 0. The van der Waals surface area contributed by atoms with Crippen molar-refractivity contribution in [3.63, 3.8) is 0 Å². The molecule has 122 valence electrons. The van der Waals surface area contributed by atoms with Gasteiger partial charge in [0.2, 0.25) is 0 Å². The first-order chi connectivity index (χ1) is 9.66. The van der Waals surface area contributed by atoms with E-state index in [-0.39, 0.29) is 17.7 Å². The summed E-state index contributed by atoms with van der Waals surface area (Å²) in [6, 6.07) is 0. The number of carbonyl (C=O) groups is 1.